The summed E-state index contributed by atoms with van der Waals surface area (Å²) in [4.78, 5) is 67.9. The van der Waals surface area contributed by atoms with Crippen molar-refractivity contribution in [1.82, 2.24) is 38.5 Å². The Morgan fingerprint density at radius 3 is 1.65 bits per heavy atom. The number of hydrogen-bond acceptors (Lipinski definition) is 14. The van der Waals surface area contributed by atoms with Crippen molar-refractivity contribution < 1.29 is 40.7 Å². The molecule has 10 rings (SSSR count). The third kappa shape index (κ3) is 13.5. The molecule has 6 aromatic heterocycles. The van der Waals surface area contributed by atoms with Crippen molar-refractivity contribution in [3.05, 3.63) is 179 Å². The molecule has 0 saturated carbocycles. The molecule has 0 aliphatic carbocycles. The van der Waals surface area contributed by atoms with Crippen LogP contribution in [0.25, 0.3) is 65.6 Å². The predicted molar refractivity (Wildman–Crippen MR) is 321 cm³/mol. The van der Waals surface area contributed by atoms with E-state index in [-0.39, 0.29) is 69.0 Å². The number of carbonyl (C=O) groups is 3. The number of benzene rings is 4. The van der Waals surface area contributed by atoms with E-state index in [2.05, 4.69) is 34.7 Å². The first-order valence-electron chi connectivity index (χ1n) is 24.0. The Morgan fingerprint density at radius 2 is 1.15 bits per heavy atom. The summed E-state index contributed by atoms with van der Waals surface area (Å²) >= 11 is 0. The predicted octanol–water partition coefficient (Wildman–Crippen LogP) is 9.90. The van der Waals surface area contributed by atoms with E-state index in [0.29, 0.717) is 44.5 Å². The molecule has 0 spiro atoms. The number of halogens is 1. The van der Waals surface area contributed by atoms with Gasteiger partial charge in [0.1, 0.15) is 28.6 Å². The van der Waals surface area contributed by atoms with Gasteiger partial charge in [-0.05, 0) is 114 Å². The van der Waals surface area contributed by atoms with Gasteiger partial charge in [0, 0.05) is 70.9 Å². The molecule has 3 amide bonds. The summed E-state index contributed by atoms with van der Waals surface area (Å²) in [7, 11) is -6.33. The molecule has 20 nitrogen and oxygen atoms in total. The SMILES string of the molecule is C.C.COc1ncccc1-c1c(C(=O)NS(C)(=O)=O)n(Cc2ccnc(NC(=O)OC(C)(C)C)c2)c2ccc3ccccc3c12.CS(=O)(=O)NC(=O)c1c(-c2ccc[nH]c2=O)c2c3ccccc3ccc2n1Cc1ccnc(N)c1.Cl. The zero-order valence-corrected chi connectivity index (χ0v) is 45.8. The maximum Gasteiger partial charge on any atom is 0.413 e. The molecule has 0 aliphatic rings. The normalized spacial score (nSPS) is 11.3. The van der Waals surface area contributed by atoms with Crippen LogP contribution in [-0.4, -0.2) is 89.0 Å². The molecule has 10 aromatic rings. The van der Waals surface area contributed by atoms with Crippen LogP contribution in [0, 0.1) is 0 Å². The van der Waals surface area contributed by atoms with Crippen molar-refractivity contribution in [3.63, 3.8) is 0 Å². The summed E-state index contributed by atoms with van der Waals surface area (Å²) in [5, 5.41) is 7.55. The van der Waals surface area contributed by atoms with Crippen LogP contribution in [0.4, 0.5) is 16.4 Å². The summed E-state index contributed by atoms with van der Waals surface area (Å²) in [6, 6.07) is 36.6. The first-order chi connectivity index (χ1) is 37.1. The third-order valence-electron chi connectivity index (χ3n) is 12.2. The summed E-state index contributed by atoms with van der Waals surface area (Å²) in [5.41, 5.74) is 9.29. The van der Waals surface area contributed by atoms with Crippen LogP contribution in [-0.2, 0) is 37.9 Å². The highest BCUT2D eigenvalue weighted by Gasteiger charge is 2.31. The fourth-order valence-electron chi connectivity index (χ4n) is 9.37. The maximum absolute atomic E-state index is 13.9. The van der Waals surface area contributed by atoms with E-state index in [1.165, 1.54) is 19.5 Å². The molecule has 0 unspecified atom stereocenters. The van der Waals surface area contributed by atoms with Gasteiger partial charge in [0.2, 0.25) is 25.9 Å². The number of hydrogen-bond donors (Lipinski definition) is 5. The first kappa shape index (κ1) is 61.1. The standard InChI is InChI=1S/C31H31N5O6S.C25H21N5O4S.2CH4.ClH/c1-31(2,3)42-30(38)34-24-17-19(14-16-32-24)18-36-23-13-12-20-9-6-7-10-21(20)25(23)26(22-11-8-15-33-29(22)41-4)27(36)28(37)35-43(5,39)40;1-35(33,34)29-25(32)23-22(18-7-4-11-28-24(18)31)21-17-6-3-2-5-16(17)8-9-19(21)30(23)14-15-10-12-27-20(26)13-15;;;/h6-17H,18H2,1-5H3,(H,35,37)(H,32,34,38);2-13H,14H2,1H3,(H2,26,27)(H,28,31)(H,29,32);2*1H4;1H. The number of aromatic amines is 1. The summed E-state index contributed by atoms with van der Waals surface area (Å²) in [6.07, 6.45) is 7.34. The number of amides is 3. The van der Waals surface area contributed by atoms with Gasteiger partial charge < -0.3 is 29.3 Å². The number of carbonyl (C=O) groups excluding carboxylic acids is 3. The molecule has 23 heteroatoms. The van der Waals surface area contributed by atoms with E-state index in [1.54, 1.807) is 90.8 Å². The lowest BCUT2D eigenvalue weighted by Crippen LogP contribution is -2.32. The van der Waals surface area contributed by atoms with Crippen molar-refractivity contribution in [2.75, 3.05) is 30.7 Å². The molecule has 0 aliphatic heterocycles. The fraction of sp³-hybridized carbons (Fsp3) is 0.190. The molecular formula is C58H61ClN10O10S2. The van der Waals surface area contributed by atoms with E-state index in [0.717, 1.165) is 45.0 Å². The molecule has 0 atom stereocenters. The van der Waals surface area contributed by atoms with Gasteiger partial charge in [0.05, 0.1) is 30.7 Å². The zero-order valence-electron chi connectivity index (χ0n) is 43.4. The zero-order chi connectivity index (χ0) is 55.7. The lowest BCUT2D eigenvalue weighted by atomic mass is 9.98. The highest BCUT2D eigenvalue weighted by atomic mass is 35.5. The Balaban J connectivity index is 0.000000256. The molecule has 4 aromatic carbocycles. The topological polar surface area (TPSA) is 281 Å². The number of rotatable bonds is 12. The maximum atomic E-state index is 13.9. The van der Waals surface area contributed by atoms with Gasteiger partial charge >= 0.3 is 6.09 Å². The number of pyridine rings is 4. The van der Waals surface area contributed by atoms with Crippen molar-refractivity contribution >= 4 is 105 Å². The van der Waals surface area contributed by atoms with Gasteiger partial charge in [-0.25, -0.2) is 46.0 Å². The lowest BCUT2D eigenvalue weighted by Gasteiger charge is -2.19. The average Bonchev–Trinajstić information content (AvgIpc) is 3.78. The number of nitrogens with two attached hydrogens (primary N) is 1. The van der Waals surface area contributed by atoms with Gasteiger partial charge in [-0.3, -0.25) is 19.7 Å². The highest BCUT2D eigenvalue weighted by Crippen LogP contribution is 2.43. The monoisotopic (exact) mass is 1160 g/mol. The van der Waals surface area contributed by atoms with Crippen LogP contribution in [0.5, 0.6) is 5.88 Å². The van der Waals surface area contributed by atoms with E-state index < -0.39 is 49.1 Å². The largest absolute Gasteiger partial charge is 0.481 e. The molecule has 6 heterocycles. The van der Waals surface area contributed by atoms with Crippen LogP contribution in [0.2, 0.25) is 0 Å². The second-order valence-electron chi connectivity index (χ2n) is 19.1. The van der Waals surface area contributed by atoms with Crippen molar-refractivity contribution in [2.24, 2.45) is 0 Å². The Kier molecular flexibility index (Phi) is 18.5. The summed E-state index contributed by atoms with van der Waals surface area (Å²) < 4.78 is 67.3. The minimum Gasteiger partial charge on any atom is -0.481 e. The van der Waals surface area contributed by atoms with E-state index in [9.17, 15) is 36.0 Å². The van der Waals surface area contributed by atoms with Crippen LogP contribution in [0.3, 0.4) is 0 Å². The van der Waals surface area contributed by atoms with Gasteiger partial charge in [0.25, 0.3) is 17.4 Å². The van der Waals surface area contributed by atoms with Gasteiger partial charge in [-0.1, -0.05) is 75.5 Å². The molecule has 0 bridgehead atoms. The van der Waals surface area contributed by atoms with Crippen LogP contribution in [0.15, 0.2) is 151 Å². The molecule has 422 valence electrons. The highest BCUT2D eigenvalue weighted by molar-refractivity contribution is 7.89. The number of nitrogens with zero attached hydrogens (tertiary/aromatic N) is 5. The third-order valence-corrected chi connectivity index (χ3v) is 13.3. The van der Waals surface area contributed by atoms with Crippen molar-refractivity contribution in [2.45, 2.75) is 54.3 Å². The summed E-state index contributed by atoms with van der Waals surface area (Å²) in [6.45, 7) is 5.61. The quantitative estimate of drug-likeness (QED) is 0.0761. The Morgan fingerprint density at radius 1 is 0.642 bits per heavy atom. The van der Waals surface area contributed by atoms with Gasteiger partial charge in [-0.2, -0.15) is 0 Å². The first-order valence-corrected chi connectivity index (χ1v) is 27.8. The number of sulfonamides is 2. The second-order valence-corrected chi connectivity index (χ2v) is 22.6. The Hall–Kier alpha value is -9.12. The molecule has 0 saturated heterocycles. The number of nitrogens with one attached hydrogen (secondary N) is 4. The number of methoxy groups -OCH3 is 1. The smallest absolute Gasteiger partial charge is 0.413 e. The number of ether oxygens (including phenoxy) is 2. The van der Waals surface area contributed by atoms with Crippen molar-refractivity contribution in [1.29, 1.82) is 0 Å². The number of aromatic nitrogens is 6. The molecule has 0 radical (unpaired) electrons. The lowest BCUT2D eigenvalue weighted by molar-refractivity contribution is 0.0634. The number of H-pyrrole nitrogens is 1. The Bertz CT molecular complexity index is 4330. The fourth-order valence-corrected chi connectivity index (χ4v) is 10.2. The van der Waals surface area contributed by atoms with Crippen molar-refractivity contribution in [3.8, 4) is 28.1 Å². The van der Waals surface area contributed by atoms with E-state index >= 15 is 0 Å². The van der Waals surface area contributed by atoms with E-state index in [1.807, 2.05) is 72.8 Å². The van der Waals surface area contributed by atoms with Crippen LogP contribution in [0.1, 0.15) is 67.7 Å². The molecule has 81 heavy (non-hydrogen) atoms. The Labute approximate surface area is 474 Å². The number of anilines is 2. The van der Waals surface area contributed by atoms with Gasteiger partial charge in [-0.15, -0.1) is 12.4 Å². The average molecular weight is 1160 g/mol. The van der Waals surface area contributed by atoms with Crippen LogP contribution >= 0.6 is 12.4 Å². The van der Waals surface area contributed by atoms with E-state index in [4.69, 9.17) is 15.2 Å². The molecule has 6 N–H and O–H groups in total. The molecular weight excluding hydrogens is 1100 g/mol. The minimum absolute atomic E-state index is 0. The second kappa shape index (κ2) is 24.5. The number of nitrogen functional groups attached to an aromatic ring is 1. The molecule has 0 fully saturated rings. The minimum atomic E-state index is -3.92. The summed E-state index contributed by atoms with van der Waals surface area (Å²) in [5.74, 6) is -0.815. The number of fused-ring (bicyclic) bond motifs is 6. The van der Waals surface area contributed by atoms with Crippen LogP contribution < -0.4 is 30.8 Å². The van der Waals surface area contributed by atoms with Gasteiger partial charge in [0.15, 0.2) is 0 Å².